The van der Waals surface area contributed by atoms with E-state index in [1.54, 1.807) is 12.1 Å². The number of amides is 1. The molecule has 3 rings (SSSR count). The molecule has 1 N–H and O–H groups in total. The largest absolute Gasteiger partial charge is 0.334 e. The number of benzene rings is 1. The molecule has 1 fully saturated rings. The van der Waals surface area contributed by atoms with Crippen LogP contribution in [0.1, 0.15) is 0 Å². The van der Waals surface area contributed by atoms with Gasteiger partial charge >= 0.3 is 0 Å². The Labute approximate surface area is 149 Å². The van der Waals surface area contributed by atoms with Gasteiger partial charge in [0.05, 0.1) is 30.1 Å². The van der Waals surface area contributed by atoms with E-state index in [-0.39, 0.29) is 10.9 Å². The fourth-order valence-corrected chi connectivity index (χ4v) is 3.66. The second kappa shape index (κ2) is 7.85. The van der Waals surface area contributed by atoms with Crippen LogP contribution in [-0.4, -0.2) is 42.7 Å². The number of nitrogens with one attached hydrogen (secondary N) is 1. The molecule has 1 aromatic heterocycles. The summed E-state index contributed by atoms with van der Waals surface area (Å²) in [5, 5.41) is 0.0835. The zero-order valence-electron chi connectivity index (χ0n) is 13.0. The van der Waals surface area contributed by atoms with E-state index in [1.807, 2.05) is 29.3 Å². The van der Waals surface area contributed by atoms with Crippen molar-refractivity contribution in [1.82, 2.24) is 4.90 Å². The highest BCUT2D eigenvalue weighted by atomic mass is 35.5. The number of pyridine rings is 1. The molecule has 2 aromatic rings. The number of H-pyrrole nitrogens is 1. The maximum Gasteiger partial charge on any atom is 0.274 e. The molecule has 1 aromatic carbocycles. The van der Waals surface area contributed by atoms with Crippen molar-refractivity contribution in [2.75, 3.05) is 36.8 Å². The lowest BCUT2D eigenvalue weighted by Gasteiger charge is -2.30. The van der Waals surface area contributed by atoms with Crippen LogP contribution in [0.4, 0.5) is 10.2 Å². The first-order valence-corrected chi connectivity index (χ1v) is 9.07. The van der Waals surface area contributed by atoms with Crippen LogP contribution in [0.3, 0.4) is 0 Å². The molecule has 0 atom stereocenters. The number of aromatic nitrogens is 1. The molecule has 1 amide bonds. The Kier molecular flexibility index (Phi) is 5.58. The van der Waals surface area contributed by atoms with Crippen LogP contribution in [0.15, 0.2) is 47.5 Å². The third-order valence-electron chi connectivity index (χ3n) is 3.92. The summed E-state index contributed by atoms with van der Waals surface area (Å²) >= 11 is 7.14. The van der Waals surface area contributed by atoms with Gasteiger partial charge in [-0.3, -0.25) is 9.69 Å². The van der Waals surface area contributed by atoms with Crippen molar-refractivity contribution in [2.45, 2.75) is 4.90 Å². The number of thioether (sulfide) groups is 1. The van der Waals surface area contributed by atoms with Gasteiger partial charge in [-0.1, -0.05) is 17.7 Å². The van der Waals surface area contributed by atoms with E-state index in [1.165, 1.54) is 17.8 Å². The lowest BCUT2D eigenvalue weighted by Crippen LogP contribution is -2.50. The molecule has 0 saturated carbocycles. The number of carbonyl (C=O) groups excluding carboxylic acids is 1. The van der Waals surface area contributed by atoms with Crippen molar-refractivity contribution < 1.29 is 14.2 Å². The molecule has 1 saturated heterocycles. The summed E-state index contributed by atoms with van der Waals surface area (Å²) in [7, 11) is 0. The number of aromatic amines is 1. The molecule has 24 heavy (non-hydrogen) atoms. The number of rotatable bonds is 4. The predicted octanol–water partition coefficient (Wildman–Crippen LogP) is 2.73. The lowest BCUT2D eigenvalue weighted by molar-refractivity contribution is -0.364. The monoisotopic (exact) mass is 366 g/mol. The summed E-state index contributed by atoms with van der Waals surface area (Å²) in [6, 6.07) is 10.5. The summed E-state index contributed by atoms with van der Waals surface area (Å²) < 4.78 is 13.1. The van der Waals surface area contributed by atoms with E-state index in [4.69, 9.17) is 11.6 Å². The summed E-state index contributed by atoms with van der Waals surface area (Å²) in [5.74, 6) is 1.05. The minimum atomic E-state index is -0.443. The summed E-state index contributed by atoms with van der Waals surface area (Å²) in [6.45, 7) is 3.01. The van der Waals surface area contributed by atoms with Crippen molar-refractivity contribution in [3.63, 3.8) is 0 Å². The third-order valence-corrected chi connectivity index (χ3v) is 5.19. The van der Waals surface area contributed by atoms with E-state index in [2.05, 4.69) is 9.88 Å². The zero-order valence-corrected chi connectivity index (χ0v) is 14.6. The molecule has 1 aliphatic heterocycles. The van der Waals surface area contributed by atoms with Crippen molar-refractivity contribution >= 4 is 35.1 Å². The van der Waals surface area contributed by atoms with Crippen molar-refractivity contribution in [3.8, 4) is 0 Å². The number of nitrogens with zero attached hydrogens (tertiary/aromatic N) is 2. The predicted molar refractivity (Wildman–Crippen MR) is 93.9 cm³/mol. The van der Waals surface area contributed by atoms with E-state index in [0.29, 0.717) is 18.8 Å². The minimum Gasteiger partial charge on any atom is -0.334 e. The van der Waals surface area contributed by atoms with Crippen LogP contribution in [0.25, 0.3) is 0 Å². The summed E-state index contributed by atoms with van der Waals surface area (Å²) in [6.07, 6.45) is 1.90. The van der Waals surface area contributed by atoms with Crippen LogP contribution in [0, 0.1) is 5.82 Å². The molecule has 4 nitrogen and oxygen atoms in total. The molecule has 0 spiro atoms. The van der Waals surface area contributed by atoms with Gasteiger partial charge in [0.15, 0.2) is 0 Å². The van der Waals surface area contributed by atoms with Gasteiger partial charge in [-0.2, -0.15) is 0 Å². The molecule has 0 bridgehead atoms. The van der Waals surface area contributed by atoms with Gasteiger partial charge in [-0.15, -0.1) is 11.8 Å². The van der Waals surface area contributed by atoms with Crippen LogP contribution >= 0.6 is 23.4 Å². The van der Waals surface area contributed by atoms with E-state index in [9.17, 15) is 9.18 Å². The highest BCUT2D eigenvalue weighted by Gasteiger charge is 2.25. The summed E-state index contributed by atoms with van der Waals surface area (Å²) in [5.41, 5.74) is 0. The normalized spacial score (nSPS) is 14.8. The second-order valence-electron chi connectivity index (χ2n) is 5.48. The van der Waals surface area contributed by atoms with Crippen molar-refractivity contribution in [2.24, 2.45) is 0 Å². The molecular weight excluding hydrogens is 349 g/mol. The third kappa shape index (κ3) is 4.19. The molecule has 7 heteroatoms. The first kappa shape index (κ1) is 17.0. The number of halogens is 2. The Morgan fingerprint density at radius 1 is 1.21 bits per heavy atom. The Bertz CT molecular complexity index is 708. The Hall–Kier alpha value is -1.79. The molecule has 0 unspecified atom stereocenters. The van der Waals surface area contributed by atoms with E-state index in [0.717, 1.165) is 23.8 Å². The quantitative estimate of drug-likeness (QED) is 0.781. The molecule has 126 valence electrons. The number of hydrogen-bond acceptors (Lipinski definition) is 3. The average molecular weight is 367 g/mol. The Morgan fingerprint density at radius 2 is 2.00 bits per heavy atom. The van der Waals surface area contributed by atoms with Crippen LogP contribution < -0.4 is 9.88 Å². The standard InChI is InChI=1S/C17H17ClFN3OS/c18-14-11-13(4-5-15(14)19)24-12-17(23)22-9-7-21(8-10-22)16-3-1-2-6-20-16/h1-6,11H,7-10,12H2/p+1. The van der Waals surface area contributed by atoms with Crippen LogP contribution in [0.2, 0.25) is 5.02 Å². The maximum atomic E-state index is 13.1. The summed E-state index contributed by atoms with van der Waals surface area (Å²) in [4.78, 5) is 20.5. The Balaban J connectivity index is 1.49. The van der Waals surface area contributed by atoms with Crippen LogP contribution in [0.5, 0.6) is 0 Å². The number of hydrogen-bond donors (Lipinski definition) is 0. The Morgan fingerprint density at radius 3 is 2.67 bits per heavy atom. The van der Waals surface area contributed by atoms with Gasteiger partial charge in [-0.05, 0) is 24.3 Å². The SMILES string of the molecule is O=C(CSc1ccc(F)c(Cl)c1)N1CCN(c2cccc[nH+]2)CC1. The molecule has 0 aliphatic carbocycles. The van der Waals surface area contributed by atoms with E-state index >= 15 is 0 Å². The number of carbonyl (C=O) groups is 1. The van der Waals surface area contributed by atoms with E-state index < -0.39 is 5.82 Å². The van der Waals surface area contributed by atoms with Gasteiger partial charge < -0.3 is 4.90 Å². The van der Waals surface area contributed by atoms with Crippen molar-refractivity contribution in [1.29, 1.82) is 0 Å². The number of anilines is 1. The average Bonchev–Trinajstić information content (AvgIpc) is 2.63. The van der Waals surface area contributed by atoms with Crippen molar-refractivity contribution in [3.05, 3.63) is 53.4 Å². The van der Waals surface area contributed by atoms with Gasteiger partial charge in [0.25, 0.3) is 5.82 Å². The molecule has 0 radical (unpaired) electrons. The van der Waals surface area contributed by atoms with Gasteiger partial charge in [0.1, 0.15) is 18.9 Å². The first-order chi connectivity index (χ1) is 11.6. The zero-order chi connectivity index (χ0) is 16.9. The maximum absolute atomic E-state index is 13.1. The number of piperazine rings is 1. The lowest BCUT2D eigenvalue weighted by atomic mass is 10.3. The molecule has 2 heterocycles. The molecule has 1 aliphatic rings. The molecular formula is C17H18ClFN3OS+. The fourth-order valence-electron chi connectivity index (χ4n) is 2.58. The first-order valence-electron chi connectivity index (χ1n) is 7.71. The smallest absolute Gasteiger partial charge is 0.274 e. The van der Waals surface area contributed by atoms with Gasteiger partial charge in [0, 0.05) is 11.0 Å². The topological polar surface area (TPSA) is 37.7 Å². The second-order valence-corrected chi connectivity index (χ2v) is 6.94. The van der Waals surface area contributed by atoms with Crippen LogP contribution in [-0.2, 0) is 4.79 Å². The van der Waals surface area contributed by atoms with Gasteiger partial charge in [-0.25, -0.2) is 9.37 Å². The highest BCUT2D eigenvalue weighted by molar-refractivity contribution is 8.00. The minimum absolute atomic E-state index is 0.0835. The highest BCUT2D eigenvalue weighted by Crippen LogP contribution is 2.24. The van der Waals surface area contributed by atoms with Gasteiger partial charge in [0.2, 0.25) is 5.91 Å². The fraction of sp³-hybridized carbons (Fsp3) is 0.294.